The molecule has 3 aliphatic heterocycles. The van der Waals surface area contributed by atoms with Crippen LogP contribution < -0.4 is 32.3 Å². The number of hydrogen-bond acceptors (Lipinski definition) is 31. The minimum atomic E-state index is -4.22. The van der Waals surface area contributed by atoms with Gasteiger partial charge in [-0.2, -0.15) is 12.9 Å². The molecule has 0 bridgehead atoms. The van der Waals surface area contributed by atoms with Gasteiger partial charge >= 0.3 is 24.2 Å². The molecule has 138 heavy (non-hydrogen) atoms. The van der Waals surface area contributed by atoms with Crippen molar-refractivity contribution >= 4 is 83.2 Å². The number of nitrogens with zero attached hydrogens (tertiary/aromatic N) is 3. The van der Waals surface area contributed by atoms with E-state index in [0.717, 1.165) is 16.7 Å². The standard InChI is InChI=1S/C39H59N3O14S.C32H47N3O10S.C25H35N3O6S/c1-30(2)25-42(57(46,47)34-12-10-32(11-13-34)40-37(43)28-53-22-20-50-18-16-48-3)26-36(56-38(44)29-54-23-21-51-19-17-49-4)35(24-31-8-6-5-7-9-31)41-39(45)55-33-14-15-52-27-33;1-24(2)20-35(21-30(36)29(19-25-7-5-4-6-8-25)34-32(38)45-27-13-14-43-22-27)46(39,40)28-11-9-26(10-12-28)33-31(37)23-44-18-17-42-16-15-41-3;1-18(2)15-28(35(31,32)22-10-8-20(26)9-11-22)16-24(29)23(14-19-6-4-3-5-7-19)27-25(30)34-21-12-13-33-17-21/h5-13,30,33,35-36H,14-29H2,1-4H3,(H,40,43)(H,41,45);4-12,24,27,29-30,36H,13-23H2,1-3H3,(H,33,37)(H,34,38);3-11,18,21,23-24,29H,12-17,26H2,1-2H3,(H,27,30)/t33-,35-,36+;27-,29-,30+;21-,23-,24+/m000/s1. The number of hydrogen-bond donors (Lipinski definition) is 8. The van der Waals surface area contributed by atoms with E-state index in [2.05, 4.69) is 26.6 Å². The highest BCUT2D eigenvalue weighted by molar-refractivity contribution is 7.89. The lowest BCUT2D eigenvalue weighted by molar-refractivity contribution is -0.157. The van der Waals surface area contributed by atoms with Crippen LogP contribution in [0.4, 0.5) is 31.4 Å². The SMILES string of the molecule is CC(C)CN(C[C@@H](O)[C@H](Cc1ccccc1)NC(=O)O[C@H]1CCOC1)S(=O)(=O)c1ccc(N)cc1.COCCOCCOCC(=O)Nc1ccc(S(=O)(=O)N(CC(C)C)C[C@@H](O)[C@H](Cc2ccccc2)NC(=O)O[C@H]2CCOC2)cc1.COCCOCCOCC(=O)Nc1ccc(S(=O)(=O)N(CC(C)C)C[C@@H](OC(=O)COCCOCCOC)[C@H](Cc2ccccc2)NC(=O)O[C@H]2CCOC2)cc1. The fraction of sp³-hybridized carbons (Fsp3) is 0.562. The number of aliphatic hydroxyl groups is 2. The van der Waals surface area contributed by atoms with Crippen molar-refractivity contribution < 1.29 is 140 Å². The Hall–Kier alpha value is -9.49. The zero-order valence-electron chi connectivity index (χ0n) is 80.3. The number of ether oxygens (including phenoxy) is 16. The van der Waals surface area contributed by atoms with Crippen LogP contribution in [-0.2, 0) is 140 Å². The number of nitrogen functional groups attached to an aromatic ring is 1. The molecule has 0 aliphatic carbocycles. The Morgan fingerprint density at radius 1 is 0.377 bits per heavy atom. The topological polar surface area (TPSA) is 489 Å². The van der Waals surface area contributed by atoms with Crippen molar-refractivity contribution in [1.82, 2.24) is 28.9 Å². The van der Waals surface area contributed by atoms with Gasteiger partial charge in [0.05, 0.1) is 170 Å². The molecule has 0 unspecified atom stereocenters. The summed E-state index contributed by atoms with van der Waals surface area (Å²) < 4.78 is 172. The van der Waals surface area contributed by atoms with Gasteiger partial charge in [0.1, 0.15) is 44.2 Å². The third-order valence-corrected chi connectivity index (χ3v) is 26.5. The molecule has 39 nitrogen and oxygen atoms in total. The Labute approximate surface area is 811 Å². The molecule has 9 rings (SSSR count). The Balaban J connectivity index is 0.000000290. The molecule has 0 radical (unpaired) electrons. The van der Waals surface area contributed by atoms with Crippen LogP contribution in [-0.4, -0.2) is 339 Å². The minimum absolute atomic E-state index is 0.00369. The van der Waals surface area contributed by atoms with Crippen LogP contribution in [0.5, 0.6) is 0 Å². The lowest BCUT2D eigenvalue weighted by Gasteiger charge is -2.33. The highest BCUT2D eigenvalue weighted by atomic mass is 32.2. The third-order valence-electron chi connectivity index (χ3n) is 21.0. The van der Waals surface area contributed by atoms with Crippen molar-refractivity contribution in [1.29, 1.82) is 0 Å². The summed E-state index contributed by atoms with van der Waals surface area (Å²) in [5, 5.41) is 36.3. The van der Waals surface area contributed by atoms with Gasteiger partial charge in [-0.05, 0) is 127 Å². The summed E-state index contributed by atoms with van der Waals surface area (Å²) in [5.41, 5.74) is 9.48. The molecule has 3 fully saturated rings. The number of methoxy groups -OCH3 is 3. The summed E-state index contributed by atoms with van der Waals surface area (Å²) in [4.78, 5) is 76.6. The number of nitrogens with two attached hydrogens (primary N) is 1. The summed E-state index contributed by atoms with van der Waals surface area (Å²) in [6.07, 6.45) is -4.47. The number of aliphatic hydroxyl groups excluding tert-OH is 2. The van der Waals surface area contributed by atoms with Crippen molar-refractivity contribution in [3.8, 4) is 0 Å². The Morgan fingerprint density at radius 3 is 0.978 bits per heavy atom. The van der Waals surface area contributed by atoms with Crippen molar-refractivity contribution in [3.05, 3.63) is 180 Å². The van der Waals surface area contributed by atoms with E-state index in [-0.39, 0.29) is 143 Å². The molecule has 5 amide bonds. The van der Waals surface area contributed by atoms with Gasteiger partial charge in [0.2, 0.25) is 41.9 Å². The number of benzene rings is 6. The van der Waals surface area contributed by atoms with Crippen LogP contribution in [0.3, 0.4) is 0 Å². The normalized spacial score (nSPS) is 16.3. The van der Waals surface area contributed by atoms with E-state index in [0.29, 0.717) is 129 Å². The van der Waals surface area contributed by atoms with Crippen LogP contribution >= 0.6 is 0 Å². The molecule has 6 aromatic rings. The summed E-state index contributed by atoms with van der Waals surface area (Å²) in [6.45, 7) is 16.4. The molecular formula is C96H141N9O30S3. The first-order valence-corrected chi connectivity index (χ1v) is 50.5. The molecule has 42 heteroatoms. The summed E-state index contributed by atoms with van der Waals surface area (Å²) in [7, 11) is -7.48. The first-order valence-electron chi connectivity index (χ1n) is 46.2. The van der Waals surface area contributed by atoms with Gasteiger partial charge in [-0.3, -0.25) is 9.59 Å². The monoisotopic (exact) mass is 2000 g/mol. The van der Waals surface area contributed by atoms with E-state index in [4.69, 9.17) is 81.5 Å². The number of anilines is 3. The van der Waals surface area contributed by atoms with E-state index in [1.807, 2.05) is 133 Å². The Kier molecular flexibility index (Phi) is 53.0. The van der Waals surface area contributed by atoms with Crippen molar-refractivity contribution in [2.45, 2.75) is 150 Å². The van der Waals surface area contributed by atoms with E-state index in [1.165, 1.54) is 85.7 Å². The summed E-state index contributed by atoms with van der Waals surface area (Å²) >= 11 is 0. The second-order valence-corrected chi connectivity index (χ2v) is 39.8. The van der Waals surface area contributed by atoms with Crippen molar-refractivity contribution in [2.24, 2.45) is 17.8 Å². The molecule has 0 spiro atoms. The molecule has 3 aliphatic rings. The van der Waals surface area contributed by atoms with Crippen molar-refractivity contribution in [3.63, 3.8) is 0 Å². The number of carbonyl (C=O) groups excluding carboxylic acids is 6. The van der Waals surface area contributed by atoms with Crippen LogP contribution in [0.25, 0.3) is 0 Å². The molecule has 9 atom stereocenters. The number of esters is 1. The number of alkyl carbamates (subject to hydrolysis) is 3. The minimum Gasteiger partial charge on any atom is -0.457 e. The number of amides is 5. The van der Waals surface area contributed by atoms with E-state index in [9.17, 15) is 64.2 Å². The fourth-order valence-electron chi connectivity index (χ4n) is 14.1. The zero-order valence-corrected chi connectivity index (χ0v) is 82.8. The Bertz CT molecular complexity index is 4820. The first kappa shape index (κ1) is 115. The fourth-order valence-corrected chi connectivity index (χ4v) is 19.0. The number of nitrogens with one attached hydrogen (secondary N) is 5. The highest BCUT2D eigenvalue weighted by Crippen LogP contribution is 2.27. The molecule has 3 heterocycles. The molecule has 6 aromatic carbocycles. The largest absolute Gasteiger partial charge is 0.457 e. The van der Waals surface area contributed by atoms with Gasteiger partial charge in [0.15, 0.2) is 0 Å². The first-order chi connectivity index (χ1) is 66.2. The number of sulfonamides is 3. The van der Waals surface area contributed by atoms with Crippen molar-refractivity contribution in [2.75, 3.05) is 216 Å². The number of rotatable bonds is 60. The van der Waals surface area contributed by atoms with E-state index in [1.54, 1.807) is 21.3 Å². The van der Waals surface area contributed by atoms with Gasteiger partial charge in [0.25, 0.3) is 0 Å². The second kappa shape index (κ2) is 63.3. The molecule has 9 N–H and O–H groups in total. The predicted molar refractivity (Wildman–Crippen MR) is 513 cm³/mol. The zero-order chi connectivity index (χ0) is 100. The van der Waals surface area contributed by atoms with Gasteiger partial charge in [-0.1, -0.05) is 133 Å². The second-order valence-electron chi connectivity index (χ2n) is 34.0. The maximum absolute atomic E-state index is 14.3. The van der Waals surface area contributed by atoms with Crippen LogP contribution in [0, 0.1) is 17.8 Å². The van der Waals surface area contributed by atoms with Crippen LogP contribution in [0.15, 0.2) is 178 Å². The van der Waals surface area contributed by atoms with Gasteiger partial charge < -0.3 is 118 Å². The van der Waals surface area contributed by atoms with Gasteiger partial charge in [-0.15, -0.1) is 0 Å². The lowest BCUT2D eigenvalue weighted by Crippen LogP contribution is -2.53. The highest BCUT2D eigenvalue weighted by Gasteiger charge is 2.39. The lowest BCUT2D eigenvalue weighted by atomic mass is 10.0. The Morgan fingerprint density at radius 2 is 0.667 bits per heavy atom. The summed E-state index contributed by atoms with van der Waals surface area (Å²) in [5.74, 6) is -1.77. The summed E-state index contributed by atoms with van der Waals surface area (Å²) in [6, 6.07) is 42.8. The van der Waals surface area contributed by atoms with Gasteiger partial charge in [-0.25, -0.2) is 44.4 Å². The average Bonchev–Trinajstić information content (AvgIpc) is 0.964. The number of carbonyl (C=O) groups is 6. The van der Waals surface area contributed by atoms with Gasteiger partial charge in [0, 0.05) is 90.4 Å². The maximum atomic E-state index is 14.3. The van der Waals surface area contributed by atoms with E-state index < -0.39 is 115 Å². The molecule has 0 saturated carbocycles. The molecule has 3 saturated heterocycles. The maximum Gasteiger partial charge on any atom is 0.407 e. The molecular weight excluding hydrogens is 1860 g/mol. The molecule has 0 aromatic heterocycles. The quantitative estimate of drug-likeness (QED) is 0.00792. The van der Waals surface area contributed by atoms with E-state index >= 15 is 0 Å². The van der Waals surface area contributed by atoms with Crippen LogP contribution in [0.2, 0.25) is 0 Å². The molecule has 768 valence electrons. The van der Waals surface area contributed by atoms with Crippen LogP contribution in [0.1, 0.15) is 77.5 Å². The predicted octanol–water partition coefficient (Wildman–Crippen LogP) is 7.51. The smallest absolute Gasteiger partial charge is 0.407 e. The third kappa shape index (κ3) is 44.1. The average molecular weight is 2000 g/mol.